The fourth-order valence-electron chi connectivity index (χ4n) is 1.96. The Hall–Kier alpha value is -3.29. The van der Waals surface area contributed by atoms with E-state index in [0.29, 0.717) is 0 Å². The second kappa shape index (κ2) is 10.8. The molecule has 2 aromatic rings. The van der Waals surface area contributed by atoms with Crippen LogP contribution in [-0.2, 0) is 17.1 Å². The summed E-state index contributed by atoms with van der Waals surface area (Å²) in [6.45, 7) is 0.433. The number of nitro groups is 2. The normalized spacial score (nSPS) is 13.4. The number of hydrogen-bond donors (Lipinski definition) is 2. The second-order valence-electron chi connectivity index (χ2n) is 6.03. The third-order valence-electron chi connectivity index (χ3n) is 3.26. The van der Waals surface area contributed by atoms with Gasteiger partial charge in [0.05, 0.1) is 22.9 Å². The number of non-ortho nitro benzene ring substituents is 2. The van der Waals surface area contributed by atoms with Crippen LogP contribution >= 0.6 is 7.81 Å². The second-order valence-corrected chi connectivity index (χ2v) is 7.95. The van der Waals surface area contributed by atoms with Crippen LogP contribution in [0.5, 0.6) is 11.5 Å². The van der Waals surface area contributed by atoms with E-state index in [0.717, 1.165) is 0 Å². The average Bonchev–Trinajstić information content (AvgIpc) is 2.64. The average molecular weight is 558 g/mol. The number of rotatable bonds is 7. The molecular weight excluding hydrogens is 544 g/mol. The van der Waals surface area contributed by atoms with Crippen molar-refractivity contribution in [3.63, 3.8) is 0 Å². The molecule has 0 aliphatic rings. The zero-order valence-electron chi connectivity index (χ0n) is 16.4. The van der Waals surface area contributed by atoms with Gasteiger partial charge in [-0.3, -0.25) is 30.2 Å². The third kappa shape index (κ3) is 14.0. The molecule has 0 atom stereocenters. The molecule has 0 saturated heterocycles. The van der Waals surface area contributed by atoms with Gasteiger partial charge in [-0.05, 0) is 12.1 Å². The SMILES string of the molecule is F[P-](F)(F)(F)(F)F.O=[N+]([O-])c1ccc(O)c(C=NCCN=Cc2cc([N+](=O)[O-])ccc2O)c1.[Mn]. The van der Waals surface area contributed by atoms with Crippen molar-refractivity contribution in [2.75, 3.05) is 13.1 Å². The van der Waals surface area contributed by atoms with E-state index in [1.807, 2.05) is 0 Å². The van der Waals surface area contributed by atoms with Gasteiger partial charge in [0, 0.05) is 64.9 Å². The first-order valence-electron chi connectivity index (χ1n) is 8.34. The molecule has 0 spiro atoms. The molecule has 0 unspecified atom stereocenters. The van der Waals surface area contributed by atoms with Gasteiger partial charge in [0.2, 0.25) is 0 Å². The fourth-order valence-corrected chi connectivity index (χ4v) is 1.96. The Morgan fingerprint density at radius 2 is 1.06 bits per heavy atom. The summed E-state index contributed by atoms with van der Waals surface area (Å²) in [5, 5.41) is 40.7. The molecular formula is C16H14F6MnN4O6P-. The van der Waals surface area contributed by atoms with Crippen LogP contribution in [0.25, 0.3) is 0 Å². The van der Waals surface area contributed by atoms with E-state index in [-0.39, 0.29) is 64.2 Å². The maximum absolute atomic E-state index is 10.7. The molecule has 1 radical (unpaired) electrons. The minimum absolute atomic E-state index is 0. The molecule has 0 aromatic heterocycles. The van der Waals surface area contributed by atoms with Crippen LogP contribution in [-0.4, -0.2) is 45.6 Å². The van der Waals surface area contributed by atoms with Gasteiger partial charge >= 0.3 is 33.0 Å². The molecule has 34 heavy (non-hydrogen) atoms. The summed E-state index contributed by atoms with van der Waals surface area (Å²) in [7, 11) is -10.7. The Bertz CT molecular complexity index is 1030. The molecule has 2 N–H and O–H groups in total. The van der Waals surface area contributed by atoms with E-state index < -0.39 is 17.7 Å². The number of nitrogens with zero attached hydrogens (tertiary/aromatic N) is 4. The summed E-state index contributed by atoms with van der Waals surface area (Å²) >= 11 is 0. The van der Waals surface area contributed by atoms with Crippen LogP contribution in [0.15, 0.2) is 46.4 Å². The van der Waals surface area contributed by atoms with Crippen LogP contribution < -0.4 is 0 Å². The standard InChI is InChI=1S/C16H14N4O6.F6P.Mn/c21-15-3-1-13(19(23)24)7-11(15)9-17-5-6-18-10-12-8-14(20(25)26)2-4-16(12)22;1-7(2,3,4,5)6;/h1-4,7-10,21-22H,5-6H2;;/q;-1;. The zero-order valence-corrected chi connectivity index (χ0v) is 18.5. The summed E-state index contributed by atoms with van der Waals surface area (Å²) in [5.74, 6) is -0.270. The van der Waals surface area contributed by atoms with Gasteiger partial charge < -0.3 is 10.2 Å². The van der Waals surface area contributed by atoms with E-state index in [4.69, 9.17) is 0 Å². The largest absolute Gasteiger partial charge is 0.507 e. The van der Waals surface area contributed by atoms with Gasteiger partial charge in [-0.2, -0.15) is 0 Å². The zero-order chi connectivity index (χ0) is 25.5. The van der Waals surface area contributed by atoms with E-state index in [1.54, 1.807) is 0 Å². The van der Waals surface area contributed by atoms with Gasteiger partial charge in [-0.25, -0.2) is 0 Å². The minimum atomic E-state index is -10.7. The third-order valence-corrected chi connectivity index (χ3v) is 3.26. The Morgan fingerprint density at radius 3 is 1.32 bits per heavy atom. The Kier molecular flexibility index (Phi) is 9.72. The van der Waals surface area contributed by atoms with Crippen molar-refractivity contribution in [1.82, 2.24) is 0 Å². The van der Waals surface area contributed by atoms with Crippen molar-refractivity contribution >= 4 is 31.6 Å². The number of halogens is 6. The first kappa shape index (κ1) is 30.7. The summed E-state index contributed by atoms with van der Waals surface area (Å²) in [4.78, 5) is 28.3. The molecule has 0 aliphatic carbocycles. The minimum Gasteiger partial charge on any atom is -0.507 e. The van der Waals surface area contributed by atoms with Crippen molar-refractivity contribution in [3.05, 3.63) is 67.8 Å². The van der Waals surface area contributed by atoms with E-state index in [2.05, 4.69) is 9.98 Å². The van der Waals surface area contributed by atoms with Crippen molar-refractivity contribution in [2.24, 2.45) is 9.98 Å². The van der Waals surface area contributed by atoms with E-state index in [1.165, 1.54) is 48.8 Å². The number of phenols is 2. The van der Waals surface area contributed by atoms with Crippen LogP contribution in [0.4, 0.5) is 36.6 Å². The van der Waals surface area contributed by atoms with Crippen molar-refractivity contribution in [2.45, 2.75) is 0 Å². The molecule has 2 rings (SSSR count). The van der Waals surface area contributed by atoms with Gasteiger partial charge in [-0.1, -0.05) is 0 Å². The molecule has 0 aliphatic heterocycles. The molecule has 10 nitrogen and oxygen atoms in total. The van der Waals surface area contributed by atoms with Gasteiger partial charge in [-0.15, -0.1) is 0 Å². The maximum atomic E-state index is 10.7. The Morgan fingerprint density at radius 1 is 0.765 bits per heavy atom. The number of nitro benzene ring substituents is 2. The fraction of sp³-hybridized carbons (Fsp3) is 0.125. The molecule has 0 fully saturated rings. The first-order valence-corrected chi connectivity index (χ1v) is 10.4. The van der Waals surface area contributed by atoms with Crippen LogP contribution in [0, 0.1) is 20.2 Å². The summed E-state index contributed by atoms with van der Waals surface area (Å²) in [5.41, 5.74) is 0.0888. The maximum Gasteiger partial charge on any atom is 0.270 e. The van der Waals surface area contributed by atoms with Crippen molar-refractivity contribution in [3.8, 4) is 11.5 Å². The van der Waals surface area contributed by atoms with Gasteiger partial charge in [0.25, 0.3) is 11.4 Å². The van der Waals surface area contributed by atoms with Gasteiger partial charge in [0.15, 0.2) is 0 Å². The molecule has 2 aromatic carbocycles. The number of aliphatic imine (C=N–C) groups is 2. The number of aromatic hydroxyl groups is 2. The summed E-state index contributed by atoms with van der Waals surface area (Å²) in [6.07, 6.45) is 2.59. The Balaban J connectivity index is 0.00000119. The molecule has 0 saturated carbocycles. The van der Waals surface area contributed by atoms with Crippen LogP contribution in [0.2, 0.25) is 0 Å². The molecule has 0 heterocycles. The monoisotopic (exact) mass is 558 g/mol. The number of benzene rings is 2. The number of phenolic OH excluding ortho intramolecular Hbond substituents is 2. The van der Waals surface area contributed by atoms with E-state index >= 15 is 0 Å². The molecule has 189 valence electrons. The molecule has 0 bridgehead atoms. The summed E-state index contributed by atoms with van der Waals surface area (Å²) in [6, 6.07) is 7.18. The predicted molar refractivity (Wildman–Crippen MR) is 108 cm³/mol. The first-order chi connectivity index (χ1) is 14.8. The van der Waals surface area contributed by atoms with Crippen molar-refractivity contribution in [1.29, 1.82) is 0 Å². The summed E-state index contributed by atoms with van der Waals surface area (Å²) < 4.78 is 59.2. The van der Waals surface area contributed by atoms with Crippen LogP contribution in [0.1, 0.15) is 11.1 Å². The Labute approximate surface area is 196 Å². The van der Waals surface area contributed by atoms with Gasteiger partial charge in [0.1, 0.15) is 11.5 Å². The topological polar surface area (TPSA) is 151 Å². The quantitative estimate of drug-likeness (QED) is 0.0830. The van der Waals surface area contributed by atoms with E-state index in [9.17, 15) is 55.6 Å². The van der Waals surface area contributed by atoms with Crippen molar-refractivity contribution < 1.29 is 62.3 Å². The smallest absolute Gasteiger partial charge is 0.270 e. The van der Waals surface area contributed by atoms with Crippen LogP contribution in [0.3, 0.4) is 0 Å². The number of hydrogen-bond acceptors (Lipinski definition) is 8. The molecule has 18 heteroatoms. The predicted octanol–water partition coefficient (Wildman–Crippen LogP) is 5.83. The molecule has 0 amide bonds.